The van der Waals surface area contributed by atoms with E-state index in [-0.39, 0.29) is 36.0 Å². The van der Waals surface area contributed by atoms with Gasteiger partial charge in [0.1, 0.15) is 11.6 Å². The van der Waals surface area contributed by atoms with Gasteiger partial charge in [0.05, 0.1) is 58.4 Å². The van der Waals surface area contributed by atoms with Gasteiger partial charge in [0, 0.05) is 26.2 Å². The zero-order valence-corrected chi connectivity index (χ0v) is 24.5. The van der Waals surface area contributed by atoms with Gasteiger partial charge in [-0.3, -0.25) is 9.59 Å². The number of aromatic nitrogens is 4. The van der Waals surface area contributed by atoms with E-state index in [0.717, 1.165) is 70.5 Å². The van der Waals surface area contributed by atoms with E-state index >= 15 is 0 Å². The quantitative estimate of drug-likeness (QED) is 0.203. The first kappa shape index (κ1) is 27.7. The van der Waals surface area contributed by atoms with Crippen LogP contribution in [0.3, 0.4) is 0 Å². The summed E-state index contributed by atoms with van der Waals surface area (Å²) >= 11 is 0. The van der Waals surface area contributed by atoms with Gasteiger partial charge in [-0.25, -0.2) is 9.97 Å². The molecule has 0 aliphatic carbocycles. The lowest BCUT2D eigenvalue weighted by molar-refractivity contribution is -0.135. The smallest absolute Gasteiger partial charge is 0.240 e. The molecule has 0 spiro atoms. The van der Waals surface area contributed by atoms with E-state index in [4.69, 9.17) is 9.97 Å². The minimum absolute atomic E-state index is 0.0379. The molecule has 2 aromatic carbocycles. The van der Waals surface area contributed by atoms with Crippen LogP contribution in [0.5, 0.6) is 0 Å². The molecular formula is C32H38N8O4. The number of H-pyrrole nitrogens is 2. The van der Waals surface area contributed by atoms with Crippen LogP contribution in [0.25, 0.3) is 33.2 Å². The number of imidazole rings is 2. The van der Waals surface area contributed by atoms with E-state index in [1.54, 1.807) is 0 Å². The molecule has 6 N–H and O–H groups in total. The summed E-state index contributed by atoms with van der Waals surface area (Å²) in [4.78, 5) is 47.0. The number of nitrogens with zero attached hydrogens (tertiary/aromatic N) is 4. The second kappa shape index (κ2) is 11.0. The van der Waals surface area contributed by atoms with Crippen molar-refractivity contribution in [3.05, 3.63) is 48.0 Å². The predicted molar refractivity (Wildman–Crippen MR) is 163 cm³/mol. The molecule has 0 radical (unpaired) electrons. The van der Waals surface area contributed by atoms with Gasteiger partial charge < -0.3 is 40.6 Å². The van der Waals surface area contributed by atoms with Gasteiger partial charge in [-0.15, -0.1) is 0 Å². The third-order valence-corrected chi connectivity index (χ3v) is 9.85. The number of fused-ring (bicyclic) bond motifs is 2. The van der Waals surface area contributed by atoms with Gasteiger partial charge in [0.2, 0.25) is 11.8 Å². The molecule has 12 nitrogen and oxygen atoms in total. The van der Waals surface area contributed by atoms with Crippen molar-refractivity contribution in [1.82, 2.24) is 40.4 Å². The summed E-state index contributed by atoms with van der Waals surface area (Å²) in [5, 5.41) is 26.1. The number of carbonyl (C=O) groups excluding carboxylic acids is 2. The fraction of sp³-hybridized carbons (Fsp3) is 0.500. The highest BCUT2D eigenvalue weighted by Crippen LogP contribution is 2.35. The molecule has 8 rings (SSSR count). The summed E-state index contributed by atoms with van der Waals surface area (Å²) < 4.78 is 0. The van der Waals surface area contributed by atoms with E-state index in [0.29, 0.717) is 39.0 Å². The average molecular weight is 599 g/mol. The summed E-state index contributed by atoms with van der Waals surface area (Å²) in [6, 6.07) is 11.5. The first-order valence-electron chi connectivity index (χ1n) is 15.8. The summed E-state index contributed by atoms with van der Waals surface area (Å²) in [6.45, 7) is 2.30. The maximum absolute atomic E-state index is 13.2. The number of carbonyl (C=O) groups is 2. The number of β-amino-alcohol motifs (C(OH)–C–C–N with tert-alkyl or cyclic N) is 2. The number of aliphatic hydroxyl groups is 2. The van der Waals surface area contributed by atoms with Crippen molar-refractivity contribution in [2.45, 2.75) is 74.9 Å². The molecule has 44 heavy (non-hydrogen) atoms. The van der Waals surface area contributed by atoms with Crippen LogP contribution in [0, 0.1) is 0 Å². The standard InChI is InChI=1S/C32H38N8O4/c41-19-13-25(33-15-19)31(43)39-9-1-3-27(39)29-35-21-7-5-17(11-23(21)37-29)18-6-8-22-24(12-18)38-30(36-22)28-4-2-10-40(28)32(44)26-14-20(42)16-34-26/h5-8,11-12,19-20,25-28,33-34,41-42H,1-4,9-10,13-16H2,(H,35,37)(H,36,38)/t19-,20-,25-,26-,27+,28+/m1/s1. The van der Waals surface area contributed by atoms with Crippen LogP contribution in [-0.2, 0) is 9.59 Å². The fourth-order valence-electron chi connectivity index (χ4n) is 7.57. The number of hydrogen-bond donors (Lipinski definition) is 6. The Kier molecular flexibility index (Phi) is 6.89. The third kappa shape index (κ3) is 4.86. The maximum Gasteiger partial charge on any atom is 0.240 e. The number of aromatic amines is 2. The van der Waals surface area contributed by atoms with E-state index in [1.807, 2.05) is 21.9 Å². The van der Waals surface area contributed by atoms with E-state index < -0.39 is 12.2 Å². The molecule has 4 aliphatic heterocycles. The second-order valence-electron chi connectivity index (χ2n) is 12.8. The van der Waals surface area contributed by atoms with Crippen molar-refractivity contribution in [3.63, 3.8) is 0 Å². The highest BCUT2D eigenvalue weighted by molar-refractivity contribution is 5.87. The van der Waals surface area contributed by atoms with Crippen molar-refractivity contribution >= 4 is 33.9 Å². The van der Waals surface area contributed by atoms with Crippen molar-refractivity contribution in [3.8, 4) is 11.1 Å². The lowest BCUT2D eigenvalue weighted by Crippen LogP contribution is -2.43. The fourth-order valence-corrected chi connectivity index (χ4v) is 7.57. The molecule has 0 bridgehead atoms. The highest BCUT2D eigenvalue weighted by Gasteiger charge is 2.39. The molecule has 4 fully saturated rings. The number of hydrogen-bond acceptors (Lipinski definition) is 8. The molecule has 4 saturated heterocycles. The summed E-state index contributed by atoms with van der Waals surface area (Å²) in [5.41, 5.74) is 5.59. The molecular weight excluding hydrogens is 560 g/mol. The molecule has 4 aliphatic rings. The number of likely N-dealkylation sites (tertiary alicyclic amines) is 2. The lowest BCUT2D eigenvalue weighted by Gasteiger charge is -2.26. The Morgan fingerprint density at radius 1 is 0.705 bits per heavy atom. The molecule has 12 heteroatoms. The zero-order valence-electron chi connectivity index (χ0n) is 24.5. The van der Waals surface area contributed by atoms with E-state index in [1.165, 1.54) is 0 Å². The Hall–Kier alpha value is -3.84. The molecule has 2 amide bonds. The van der Waals surface area contributed by atoms with Gasteiger partial charge in [-0.05, 0) is 73.9 Å². The van der Waals surface area contributed by atoms with Crippen LogP contribution >= 0.6 is 0 Å². The average Bonchev–Trinajstić information content (AvgIpc) is 3.86. The number of aliphatic hydroxyl groups excluding tert-OH is 2. The van der Waals surface area contributed by atoms with Gasteiger partial charge in [0.15, 0.2) is 0 Å². The summed E-state index contributed by atoms with van der Waals surface area (Å²) in [7, 11) is 0. The Bertz CT molecular complexity index is 1610. The summed E-state index contributed by atoms with van der Waals surface area (Å²) in [5.74, 6) is 1.67. The third-order valence-electron chi connectivity index (χ3n) is 9.85. The highest BCUT2D eigenvalue weighted by atomic mass is 16.3. The monoisotopic (exact) mass is 598 g/mol. The minimum Gasteiger partial charge on any atom is -0.392 e. The molecule has 6 heterocycles. The van der Waals surface area contributed by atoms with Crippen LogP contribution in [0.1, 0.15) is 62.3 Å². The molecule has 6 atom stereocenters. The second-order valence-corrected chi connectivity index (χ2v) is 12.8. The minimum atomic E-state index is -0.474. The first-order valence-corrected chi connectivity index (χ1v) is 15.8. The predicted octanol–water partition coefficient (Wildman–Crippen LogP) is 1.88. The van der Waals surface area contributed by atoms with Gasteiger partial charge in [0.25, 0.3) is 0 Å². The Morgan fingerprint density at radius 3 is 1.57 bits per heavy atom. The van der Waals surface area contributed by atoms with E-state index in [9.17, 15) is 19.8 Å². The molecule has 0 saturated carbocycles. The van der Waals surface area contributed by atoms with Crippen LogP contribution < -0.4 is 10.6 Å². The molecule has 2 aromatic heterocycles. The summed E-state index contributed by atoms with van der Waals surface area (Å²) in [6.07, 6.45) is 3.52. The number of nitrogens with one attached hydrogen (secondary N) is 4. The first-order chi connectivity index (χ1) is 21.4. The van der Waals surface area contributed by atoms with Crippen molar-refractivity contribution in [2.24, 2.45) is 0 Å². The lowest BCUT2D eigenvalue weighted by atomic mass is 10.0. The van der Waals surface area contributed by atoms with Crippen LogP contribution in [0.4, 0.5) is 0 Å². The zero-order chi connectivity index (χ0) is 29.9. The molecule has 4 aromatic rings. The Morgan fingerprint density at radius 2 is 1.16 bits per heavy atom. The molecule has 230 valence electrons. The van der Waals surface area contributed by atoms with Crippen LogP contribution in [-0.4, -0.2) is 102 Å². The number of amides is 2. The maximum atomic E-state index is 13.2. The van der Waals surface area contributed by atoms with Crippen LogP contribution in [0.15, 0.2) is 36.4 Å². The normalized spacial score (nSPS) is 29.0. The van der Waals surface area contributed by atoms with Gasteiger partial charge in [-0.2, -0.15) is 0 Å². The number of rotatable bonds is 5. The topological polar surface area (TPSA) is 162 Å². The van der Waals surface area contributed by atoms with Crippen molar-refractivity contribution in [2.75, 3.05) is 26.2 Å². The Balaban J connectivity index is 1.03. The van der Waals surface area contributed by atoms with Gasteiger partial charge >= 0.3 is 0 Å². The Labute approximate surface area is 254 Å². The van der Waals surface area contributed by atoms with Gasteiger partial charge in [-0.1, -0.05) is 12.1 Å². The number of benzene rings is 2. The SMILES string of the molecule is O=C([C@H]1C[C@@H](O)CN1)N1CCC[C@H]1c1nc2cc(-c3ccc4[nH]c([C@@H]5CCCN5C(=O)[C@H]5C[C@@H](O)CN5)nc4c3)ccc2[nH]1. The van der Waals surface area contributed by atoms with Crippen molar-refractivity contribution in [1.29, 1.82) is 0 Å². The van der Waals surface area contributed by atoms with Crippen molar-refractivity contribution < 1.29 is 19.8 Å². The van der Waals surface area contributed by atoms with Crippen LogP contribution in [0.2, 0.25) is 0 Å². The molecule has 0 unspecified atom stereocenters. The van der Waals surface area contributed by atoms with E-state index in [2.05, 4.69) is 44.9 Å². The largest absolute Gasteiger partial charge is 0.392 e.